The first kappa shape index (κ1) is 103. The van der Waals surface area contributed by atoms with Crippen LogP contribution in [0, 0.1) is 0 Å². The van der Waals surface area contributed by atoms with Gasteiger partial charge in [-0.2, -0.15) is 0 Å². The molecule has 0 radical (unpaired) electrons. The van der Waals surface area contributed by atoms with Gasteiger partial charge in [0.2, 0.25) is 100 Å². The minimum atomic E-state index is -1.96. The van der Waals surface area contributed by atoms with Crippen LogP contribution in [0.25, 0.3) is 21.8 Å². The van der Waals surface area contributed by atoms with Gasteiger partial charge in [-0.3, -0.25) is 91.1 Å². The molecule has 6 heterocycles. The van der Waals surface area contributed by atoms with Crippen molar-refractivity contribution in [1.29, 1.82) is 0 Å². The summed E-state index contributed by atoms with van der Waals surface area (Å²) in [6.07, 6.45) is -0.481. The zero-order chi connectivity index (χ0) is 97.4. The average molecular weight is 1870 g/mol. The van der Waals surface area contributed by atoms with Crippen LogP contribution in [0.15, 0.2) is 97.7 Å². The third-order valence-electron chi connectivity index (χ3n) is 23.7. The summed E-state index contributed by atoms with van der Waals surface area (Å²) in [4.78, 5) is 290. The molecule has 0 bridgehead atoms. The highest BCUT2D eigenvalue weighted by atomic mass is 32.2. The molecular weight excluding hydrogens is 1760 g/mol. The van der Waals surface area contributed by atoms with E-state index in [1.54, 1.807) is 74.8 Å². The summed E-state index contributed by atoms with van der Waals surface area (Å²) < 4.78 is 0. The zero-order valence-corrected chi connectivity index (χ0v) is 75.2. The molecule has 133 heavy (non-hydrogen) atoms. The molecule has 718 valence electrons. The number of H-pyrrole nitrogens is 3. The average Bonchev–Trinajstić information content (AvgIpc) is 1.57. The number of unbranched alkanes of at least 4 members (excludes halogenated alkanes) is 1. The number of aromatic nitrogens is 4. The van der Waals surface area contributed by atoms with Gasteiger partial charge in [0, 0.05) is 125 Å². The van der Waals surface area contributed by atoms with Crippen LogP contribution < -0.4 is 64.6 Å². The number of carbonyl (C=O) groups excluding carboxylic acids is 17. The summed E-state index contributed by atoms with van der Waals surface area (Å²) in [6, 6.07) is -4.60. The predicted octanol–water partition coefficient (Wildman–Crippen LogP) is -4.12. The summed E-state index contributed by atoms with van der Waals surface area (Å²) in [6.45, 7) is 3.04. The third kappa shape index (κ3) is 27.5. The first-order valence-electron chi connectivity index (χ1n) is 43.3. The zero-order valence-electron chi connectivity index (χ0n) is 74.4. The normalized spacial score (nSPS) is 25.2. The summed E-state index contributed by atoms with van der Waals surface area (Å²) >= 11 is 0.681. The molecule has 9 rings (SSSR count). The number of carboxylic acid groups (broad SMARTS) is 2. The van der Waals surface area contributed by atoms with Crippen molar-refractivity contribution in [2.75, 3.05) is 58.9 Å². The fourth-order valence-corrected chi connectivity index (χ4v) is 16.9. The third-order valence-corrected chi connectivity index (χ3v) is 24.8. The number of fused-ring (bicyclic) bond motifs is 4. The lowest BCUT2D eigenvalue weighted by atomic mass is 9.91. The van der Waals surface area contributed by atoms with Crippen LogP contribution in [0.2, 0.25) is 0 Å². The minimum absolute atomic E-state index is 0.101. The van der Waals surface area contributed by atoms with Crippen LogP contribution >= 0.6 is 11.8 Å². The molecule has 3 aromatic heterocycles. The standard InChI is InChI=1S/C87H115N21O24S/c1-8-9-19-65-79(124)100-62(34-72(117)118)87(132)107-29-14-20-66(107)80(125)98-59(32-49-36-90-43-94-49)77(122)97-58(25-27-68(88)112)86(131)108-39-51(111)33-67(108)81(126)103-73(44(2)54-37-92-56-18-13-11-16-53(54)56)82(127)101-63(40-109)78(123)99-61(31-48-35-91-55-17-12-10-15-52(48)55)84(129)105(6)46(4)83(128)104(5)45(3)74(119)96-57(26-28-71(115)116)76(121)102-64(75(120)93-38-69(89)113)41-133-42-70(114)95-60(85(130)106(65)7)30-47-21-23-50(110)24-22-47/h10-13,15-18,21-24,35-37,43-46,51,57-67,73,91-92,109-111H,8-9,14,19-20,25-34,38-42H2,1-7H3,(H2,88,112)(H2,89,113)(H,90,94)(H,93,120)(H,95,114)(H,96,119)(H,97,122)(H,98,125)(H,99,123)(H,100,124)(H,101,127)(H,102,121)(H,103,126)(H,115,116)(H,117,118)/t44-,45-,46-,51+,57-,58-,59-,60-,61-,62-,63-,64-,65-,66-,67-,73-/m0/s1. The molecule has 3 aliphatic heterocycles. The number of imidazole rings is 1. The van der Waals surface area contributed by atoms with Crippen molar-refractivity contribution in [2.24, 2.45) is 11.5 Å². The number of carbonyl (C=O) groups is 19. The number of benzene rings is 3. The second-order valence-corrected chi connectivity index (χ2v) is 34.2. The van der Waals surface area contributed by atoms with E-state index in [-0.39, 0.29) is 56.5 Å². The number of primary amides is 2. The highest BCUT2D eigenvalue weighted by molar-refractivity contribution is 8.00. The number of nitrogens with two attached hydrogens (primary N) is 2. The Balaban J connectivity index is 1.09. The lowest BCUT2D eigenvalue weighted by Crippen LogP contribution is -2.61. The van der Waals surface area contributed by atoms with Crippen molar-refractivity contribution in [2.45, 2.75) is 214 Å². The number of phenolic OH excluding ortho intramolecular Hbond substituents is 1. The second kappa shape index (κ2) is 47.7. The van der Waals surface area contributed by atoms with Crippen molar-refractivity contribution in [3.8, 4) is 5.75 Å². The first-order chi connectivity index (χ1) is 63.2. The quantitative estimate of drug-likeness (QED) is 0.0290. The van der Waals surface area contributed by atoms with Crippen LogP contribution in [0.1, 0.15) is 127 Å². The van der Waals surface area contributed by atoms with E-state index in [1.165, 1.54) is 71.8 Å². The van der Waals surface area contributed by atoms with Gasteiger partial charge in [0.15, 0.2) is 0 Å². The highest BCUT2D eigenvalue weighted by Gasteiger charge is 2.47. The van der Waals surface area contributed by atoms with Crippen LogP contribution in [0.3, 0.4) is 0 Å². The summed E-state index contributed by atoms with van der Waals surface area (Å²) in [5.74, 6) is -23.3. The number of aliphatic hydroxyl groups excluding tert-OH is 2. The number of aromatic hydroxyl groups is 1. The Morgan fingerprint density at radius 2 is 1.15 bits per heavy atom. The number of nitrogens with one attached hydrogen (secondary N) is 13. The van der Waals surface area contributed by atoms with Crippen molar-refractivity contribution < 1.29 is 117 Å². The topological polar surface area (TPSA) is 674 Å². The van der Waals surface area contributed by atoms with Gasteiger partial charge in [-0.15, -0.1) is 11.8 Å². The smallest absolute Gasteiger partial charge is 0.305 e. The van der Waals surface area contributed by atoms with Gasteiger partial charge in [0.1, 0.15) is 90.3 Å². The van der Waals surface area contributed by atoms with Crippen molar-refractivity contribution in [1.82, 2.24) is 97.6 Å². The summed E-state index contributed by atoms with van der Waals surface area (Å²) in [5, 5.41) is 79.4. The van der Waals surface area contributed by atoms with E-state index >= 15 is 33.6 Å². The predicted molar refractivity (Wildman–Crippen MR) is 476 cm³/mol. The Hall–Kier alpha value is -14.1. The van der Waals surface area contributed by atoms with Gasteiger partial charge in [0.05, 0.1) is 43.5 Å². The number of hydrogen-bond donors (Lipinski definition) is 20. The van der Waals surface area contributed by atoms with E-state index in [1.807, 2.05) is 0 Å². The molecule has 0 unspecified atom stereocenters. The Kier molecular flexibility index (Phi) is 36.8. The van der Waals surface area contributed by atoms with Gasteiger partial charge >= 0.3 is 11.9 Å². The molecule has 0 saturated carbocycles. The van der Waals surface area contributed by atoms with Crippen LogP contribution in [0.5, 0.6) is 5.75 Å². The van der Waals surface area contributed by atoms with E-state index in [2.05, 4.69) is 73.1 Å². The molecule has 6 aromatic rings. The SMILES string of the molecule is CCCC[C@H]1C(=O)N[C@@H](CC(=O)O)C(=O)N2CCC[C@H]2C(=O)N[C@@H](Cc2c[nH]cn2)C(=O)N[C@@H](CCC(N)=O)C(=O)N2C[C@H](O)C[C@H]2C(=O)N[C@@H]([C@@H](C)c2c[nH]c3ccccc23)C(=O)N[C@@H](CO)C(=O)N[C@@H](Cc2c[nH]c3ccccc23)C(=O)N(C)[C@@H](C)C(=O)N(C)[C@@H](C)C(=O)N[C@@H](CCC(=O)O)C(=O)N[C@H](C(=O)NCC(N)=O)CSCC(=O)N[C@@H](Cc2ccc(O)cc2)C(=O)N1C. The Morgan fingerprint density at radius 1 is 0.564 bits per heavy atom. The molecule has 16 atom stereocenters. The van der Waals surface area contributed by atoms with Gasteiger partial charge < -0.3 is 130 Å². The lowest BCUT2D eigenvalue weighted by molar-refractivity contribution is -0.148. The molecule has 3 aliphatic rings. The number of aliphatic hydroxyl groups is 2. The van der Waals surface area contributed by atoms with Gasteiger partial charge in [-0.1, -0.05) is 75.2 Å². The van der Waals surface area contributed by atoms with Gasteiger partial charge in [0.25, 0.3) is 0 Å². The van der Waals surface area contributed by atoms with Crippen molar-refractivity contribution >= 4 is 146 Å². The van der Waals surface area contributed by atoms with Crippen LogP contribution in [-0.4, -0.2) is 332 Å². The molecule has 22 N–H and O–H groups in total. The summed E-state index contributed by atoms with van der Waals surface area (Å²) in [5.41, 5.74) is 13.6. The minimum Gasteiger partial charge on any atom is -0.508 e. The Labute approximate surface area is 767 Å². The molecule has 0 spiro atoms. The maximum absolute atomic E-state index is 15.3. The van der Waals surface area contributed by atoms with Crippen molar-refractivity contribution in [3.05, 3.63) is 120 Å². The molecule has 17 amide bonds. The number of nitrogens with zero attached hydrogens (tertiary/aromatic N) is 6. The molecule has 3 aromatic carbocycles. The fraction of sp³-hybridized carbons (Fsp3) is 0.494. The van der Waals surface area contributed by atoms with E-state index < -0.39 is 285 Å². The molecule has 46 heteroatoms. The van der Waals surface area contributed by atoms with E-state index in [4.69, 9.17) is 11.5 Å². The van der Waals surface area contributed by atoms with E-state index in [0.29, 0.717) is 56.7 Å². The molecule has 3 saturated heterocycles. The monoisotopic (exact) mass is 1870 g/mol. The number of rotatable bonds is 23. The molecule has 3 fully saturated rings. The van der Waals surface area contributed by atoms with Crippen LogP contribution in [0.4, 0.5) is 0 Å². The number of likely N-dealkylation sites (N-methyl/N-ethyl adjacent to an activating group) is 3. The Morgan fingerprint density at radius 3 is 1.80 bits per heavy atom. The number of hydrogen-bond acceptors (Lipinski definition) is 24. The fourth-order valence-electron chi connectivity index (χ4n) is 16.0. The summed E-state index contributed by atoms with van der Waals surface area (Å²) in [7, 11) is 3.58. The second-order valence-electron chi connectivity index (χ2n) is 33.2. The number of carboxylic acids is 2. The first-order valence-corrected chi connectivity index (χ1v) is 44.5. The Bertz CT molecular complexity index is 5260. The maximum Gasteiger partial charge on any atom is 0.305 e. The number of amides is 17. The maximum atomic E-state index is 15.3. The molecular formula is C87H115N21O24S. The van der Waals surface area contributed by atoms with Gasteiger partial charge in [-0.05, 0) is 86.9 Å². The number of phenols is 1. The van der Waals surface area contributed by atoms with Crippen molar-refractivity contribution in [3.63, 3.8) is 0 Å². The number of aliphatic carboxylic acids is 2. The number of para-hydroxylation sites is 2. The highest BCUT2D eigenvalue weighted by Crippen LogP contribution is 2.31. The number of thioether (sulfide) groups is 1. The van der Waals surface area contributed by atoms with Gasteiger partial charge in [-0.25, -0.2) is 4.98 Å². The lowest BCUT2D eigenvalue weighted by Gasteiger charge is -2.34. The number of aromatic amines is 3. The van der Waals surface area contributed by atoms with E-state index in [9.17, 15) is 83.1 Å². The van der Waals surface area contributed by atoms with Crippen LogP contribution in [-0.2, 0) is 110 Å². The largest absolute Gasteiger partial charge is 0.508 e. The van der Waals surface area contributed by atoms with E-state index in [0.717, 1.165) is 24.5 Å². The molecule has 45 nitrogen and oxygen atoms in total. The molecule has 0 aliphatic carbocycles.